The molecular formula is C10H9NO. The Bertz CT molecular complexity index is 351. The SMILES string of the molecule is N#Cc1ccc2c(c1)CCC2O. The second kappa shape index (κ2) is 2.62. The molecule has 0 heterocycles. The van der Waals surface area contributed by atoms with Crippen LogP contribution in [0.15, 0.2) is 18.2 Å². The van der Waals surface area contributed by atoms with Gasteiger partial charge in [0.25, 0.3) is 0 Å². The molecule has 1 unspecified atom stereocenters. The van der Waals surface area contributed by atoms with Crippen molar-refractivity contribution in [2.75, 3.05) is 0 Å². The Morgan fingerprint density at radius 2 is 2.33 bits per heavy atom. The Balaban J connectivity index is 2.50. The molecular weight excluding hydrogens is 150 g/mol. The Labute approximate surface area is 71.1 Å². The molecule has 2 rings (SSSR count). The summed E-state index contributed by atoms with van der Waals surface area (Å²) in [7, 11) is 0. The lowest BCUT2D eigenvalue weighted by atomic mass is 10.1. The van der Waals surface area contributed by atoms with Gasteiger partial charge in [0.2, 0.25) is 0 Å². The summed E-state index contributed by atoms with van der Waals surface area (Å²) in [4.78, 5) is 0. The predicted octanol–water partition coefficient (Wildman–Crippen LogP) is 1.54. The van der Waals surface area contributed by atoms with Crippen LogP contribution in [0.4, 0.5) is 0 Å². The van der Waals surface area contributed by atoms with E-state index in [0.717, 1.165) is 24.0 Å². The van der Waals surface area contributed by atoms with Crippen molar-refractivity contribution < 1.29 is 5.11 Å². The molecule has 0 radical (unpaired) electrons. The number of benzene rings is 1. The number of aliphatic hydroxyl groups excluding tert-OH is 1. The molecule has 0 spiro atoms. The van der Waals surface area contributed by atoms with Crippen LogP contribution in [0.1, 0.15) is 29.2 Å². The Hall–Kier alpha value is -1.33. The van der Waals surface area contributed by atoms with Crippen molar-refractivity contribution in [1.82, 2.24) is 0 Å². The zero-order valence-corrected chi connectivity index (χ0v) is 6.62. The minimum Gasteiger partial charge on any atom is -0.388 e. The lowest BCUT2D eigenvalue weighted by molar-refractivity contribution is 0.180. The van der Waals surface area contributed by atoms with E-state index in [1.807, 2.05) is 12.1 Å². The first kappa shape index (κ1) is 7.33. The van der Waals surface area contributed by atoms with E-state index < -0.39 is 0 Å². The highest BCUT2D eigenvalue weighted by atomic mass is 16.3. The van der Waals surface area contributed by atoms with E-state index >= 15 is 0 Å². The number of aryl methyl sites for hydroxylation is 1. The second-order valence-corrected chi connectivity index (χ2v) is 3.08. The van der Waals surface area contributed by atoms with Crippen molar-refractivity contribution in [2.24, 2.45) is 0 Å². The quantitative estimate of drug-likeness (QED) is 0.624. The van der Waals surface area contributed by atoms with Crippen LogP contribution >= 0.6 is 0 Å². The zero-order valence-electron chi connectivity index (χ0n) is 6.62. The van der Waals surface area contributed by atoms with Gasteiger partial charge in [-0.25, -0.2) is 0 Å². The molecule has 2 nitrogen and oxygen atoms in total. The maximum absolute atomic E-state index is 9.46. The fraction of sp³-hybridized carbons (Fsp3) is 0.300. The highest BCUT2D eigenvalue weighted by Gasteiger charge is 2.19. The van der Waals surface area contributed by atoms with Gasteiger partial charge in [0.15, 0.2) is 0 Å². The summed E-state index contributed by atoms with van der Waals surface area (Å²) >= 11 is 0. The molecule has 0 bridgehead atoms. The highest BCUT2D eigenvalue weighted by Crippen LogP contribution is 2.31. The Morgan fingerprint density at radius 1 is 1.50 bits per heavy atom. The standard InChI is InChI=1S/C10H9NO/c11-6-7-1-3-9-8(5-7)2-4-10(9)12/h1,3,5,10,12H,2,4H2. The van der Waals surface area contributed by atoms with Gasteiger partial charge < -0.3 is 5.11 Å². The third-order valence-electron chi connectivity index (χ3n) is 2.32. The molecule has 1 N–H and O–H groups in total. The average Bonchev–Trinajstić information content (AvgIpc) is 2.47. The lowest BCUT2D eigenvalue weighted by Gasteiger charge is -2.02. The van der Waals surface area contributed by atoms with Crippen molar-refractivity contribution in [3.05, 3.63) is 34.9 Å². The van der Waals surface area contributed by atoms with E-state index in [1.54, 1.807) is 6.07 Å². The third-order valence-corrected chi connectivity index (χ3v) is 2.32. The zero-order chi connectivity index (χ0) is 8.55. The normalized spacial score (nSPS) is 20.2. The number of hydrogen-bond acceptors (Lipinski definition) is 2. The van der Waals surface area contributed by atoms with E-state index in [-0.39, 0.29) is 6.10 Å². The minimum atomic E-state index is -0.312. The monoisotopic (exact) mass is 159 g/mol. The molecule has 1 aliphatic carbocycles. The van der Waals surface area contributed by atoms with Crippen LogP contribution in [-0.4, -0.2) is 5.11 Å². The molecule has 2 heteroatoms. The summed E-state index contributed by atoms with van der Waals surface area (Å²) in [5.41, 5.74) is 2.80. The summed E-state index contributed by atoms with van der Waals surface area (Å²) in [6.45, 7) is 0. The van der Waals surface area contributed by atoms with Gasteiger partial charge in [0, 0.05) is 0 Å². The van der Waals surface area contributed by atoms with Gasteiger partial charge in [-0.05, 0) is 36.1 Å². The number of hydrogen-bond donors (Lipinski definition) is 1. The topological polar surface area (TPSA) is 44.0 Å². The number of nitriles is 1. The summed E-state index contributed by atoms with van der Waals surface area (Å²) in [5.74, 6) is 0. The van der Waals surface area contributed by atoms with Gasteiger partial charge in [-0.2, -0.15) is 5.26 Å². The molecule has 1 aromatic rings. The van der Waals surface area contributed by atoms with Crippen molar-refractivity contribution >= 4 is 0 Å². The van der Waals surface area contributed by atoms with Crippen LogP contribution in [0.25, 0.3) is 0 Å². The van der Waals surface area contributed by atoms with E-state index in [0.29, 0.717) is 5.56 Å². The molecule has 0 fully saturated rings. The molecule has 0 aromatic heterocycles. The van der Waals surface area contributed by atoms with Gasteiger partial charge in [-0.3, -0.25) is 0 Å². The fourth-order valence-corrected chi connectivity index (χ4v) is 1.66. The molecule has 0 amide bonds. The van der Waals surface area contributed by atoms with Crippen molar-refractivity contribution in [3.8, 4) is 6.07 Å². The molecule has 1 aromatic carbocycles. The molecule has 0 saturated carbocycles. The molecule has 12 heavy (non-hydrogen) atoms. The third kappa shape index (κ3) is 0.992. The van der Waals surface area contributed by atoms with Crippen LogP contribution < -0.4 is 0 Å². The van der Waals surface area contributed by atoms with Gasteiger partial charge >= 0.3 is 0 Å². The van der Waals surface area contributed by atoms with Gasteiger partial charge in [0.05, 0.1) is 17.7 Å². The maximum atomic E-state index is 9.46. The number of fused-ring (bicyclic) bond motifs is 1. The average molecular weight is 159 g/mol. The van der Waals surface area contributed by atoms with Gasteiger partial charge in [-0.15, -0.1) is 0 Å². The van der Waals surface area contributed by atoms with Crippen molar-refractivity contribution in [3.63, 3.8) is 0 Å². The highest BCUT2D eigenvalue weighted by molar-refractivity contribution is 5.41. The minimum absolute atomic E-state index is 0.312. The van der Waals surface area contributed by atoms with Crippen LogP contribution in [-0.2, 0) is 6.42 Å². The van der Waals surface area contributed by atoms with Gasteiger partial charge in [-0.1, -0.05) is 6.07 Å². The van der Waals surface area contributed by atoms with Crippen LogP contribution in [0, 0.1) is 11.3 Å². The van der Waals surface area contributed by atoms with Crippen molar-refractivity contribution in [1.29, 1.82) is 5.26 Å². The lowest BCUT2D eigenvalue weighted by Crippen LogP contribution is -1.89. The Kier molecular flexibility index (Phi) is 1.60. The van der Waals surface area contributed by atoms with Crippen molar-refractivity contribution in [2.45, 2.75) is 18.9 Å². The molecule has 60 valence electrons. The van der Waals surface area contributed by atoms with E-state index in [9.17, 15) is 5.11 Å². The number of aliphatic hydroxyl groups is 1. The molecule has 0 aliphatic heterocycles. The van der Waals surface area contributed by atoms with Gasteiger partial charge in [0.1, 0.15) is 0 Å². The first-order valence-electron chi connectivity index (χ1n) is 4.02. The molecule has 1 atom stereocenters. The first-order valence-corrected chi connectivity index (χ1v) is 4.02. The maximum Gasteiger partial charge on any atom is 0.0991 e. The fourth-order valence-electron chi connectivity index (χ4n) is 1.66. The summed E-state index contributed by atoms with van der Waals surface area (Å²) in [5, 5.41) is 18.1. The summed E-state index contributed by atoms with van der Waals surface area (Å²) < 4.78 is 0. The van der Waals surface area contributed by atoms with E-state index in [2.05, 4.69) is 6.07 Å². The molecule has 0 saturated heterocycles. The number of rotatable bonds is 0. The molecule has 1 aliphatic rings. The van der Waals surface area contributed by atoms with Crippen LogP contribution in [0.2, 0.25) is 0 Å². The van der Waals surface area contributed by atoms with Crippen LogP contribution in [0.3, 0.4) is 0 Å². The predicted molar refractivity (Wildman–Crippen MR) is 44.4 cm³/mol. The Morgan fingerprint density at radius 3 is 3.08 bits per heavy atom. The second-order valence-electron chi connectivity index (χ2n) is 3.08. The summed E-state index contributed by atoms with van der Waals surface area (Å²) in [6.07, 6.45) is 1.38. The summed E-state index contributed by atoms with van der Waals surface area (Å²) in [6, 6.07) is 7.57. The van der Waals surface area contributed by atoms with E-state index in [4.69, 9.17) is 5.26 Å². The smallest absolute Gasteiger partial charge is 0.0991 e. The number of nitrogens with zero attached hydrogens (tertiary/aromatic N) is 1. The van der Waals surface area contributed by atoms with Crippen LogP contribution in [0.5, 0.6) is 0 Å². The van der Waals surface area contributed by atoms with E-state index in [1.165, 1.54) is 0 Å². The largest absolute Gasteiger partial charge is 0.388 e. The first-order chi connectivity index (χ1) is 5.81.